The van der Waals surface area contributed by atoms with E-state index in [0.717, 1.165) is 17.7 Å². The van der Waals surface area contributed by atoms with Crippen LogP contribution in [0.25, 0.3) is 0 Å². The molecule has 0 aliphatic carbocycles. The number of thiocarbonyl (C=S) groups is 1. The number of benzene rings is 1. The van der Waals surface area contributed by atoms with Gasteiger partial charge in [-0.3, -0.25) is 0 Å². The van der Waals surface area contributed by atoms with Gasteiger partial charge in [-0.2, -0.15) is 0 Å². The Kier molecular flexibility index (Phi) is 3.42. The van der Waals surface area contributed by atoms with E-state index in [1.165, 1.54) is 11.1 Å². The zero-order valence-corrected chi connectivity index (χ0v) is 8.45. The molecular weight excluding hydrogens is 164 g/mol. The molecule has 0 spiro atoms. The monoisotopic (exact) mass is 178 g/mol. The highest BCUT2D eigenvalue weighted by Gasteiger charge is 1.96. The van der Waals surface area contributed by atoms with Crippen LogP contribution in [-0.4, -0.2) is 4.86 Å². The molecule has 0 N–H and O–H groups in total. The summed E-state index contributed by atoms with van der Waals surface area (Å²) in [5.74, 6) is 0. The minimum absolute atomic E-state index is 0.952. The summed E-state index contributed by atoms with van der Waals surface area (Å²) in [6, 6.07) is 8.53. The molecule has 0 nitrogen and oxygen atoms in total. The van der Waals surface area contributed by atoms with Crippen molar-refractivity contribution >= 4 is 17.1 Å². The molecule has 1 rings (SSSR count). The van der Waals surface area contributed by atoms with Gasteiger partial charge in [-0.25, -0.2) is 0 Å². The molecule has 0 aliphatic heterocycles. The maximum atomic E-state index is 5.18. The molecule has 12 heavy (non-hydrogen) atoms. The topological polar surface area (TPSA) is 0 Å². The van der Waals surface area contributed by atoms with E-state index < -0.39 is 0 Å². The Bertz CT molecular complexity index is 276. The molecule has 0 unspecified atom stereocenters. The van der Waals surface area contributed by atoms with Gasteiger partial charge in [0, 0.05) is 6.42 Å². The molecule has 1 aromatic rings. The Hall–Kier alpha value is -0.690. The first-order valence-corrected chi connectivity index (χ1v) is 4.70. The van der Waals surface area contributed by atoms with Crippen LogP contribution in [0.4, 0.5) is 0 Å². The zero-order chi connectivity index (χ0) is 8.97. The molecule has 0 atom stereocenters. The Labute approximate surface area is 79.6 Å². The summed E-state index contributed by atoms with van der Waals surface area (Å²) in [4.78, 5) is 1.14. The summed E-state index contributed by atoms with van der Waals surface area (Å²) >= 11 is 5.18. The van der Waals surface area contributed by atoms with Crippen molar-refractivity contribution in [2.45, 2.75) is 26.7 Å². The maximum absolute atomic E-state index is 5.18. The molecule has 0 saturated carbocycles. The van der Waals surface area contributed by atoms with Crippen molar-refractivity contribution in [1.82, 2.24) is 0 Å². The third-order valence-corrected chi connectivity index (χ3v) is 2.31. The second-order valence-electron chi connectivity index (χ2n) is 3.06. The molecule has 0 amide bonds. The van der Waals surface area contributed by atoms with E-state index in [1.54, 1.807) is 0 Å². The van der Waals surface area contributed by atoms with Gasteiger partial charge < -0.3 is 0 Å². The van der Waals surface area contributed by atoms with E-state index in [9.17, 15) is 0 Å². The average Bonchev–Trinajstić information content (AvgIpc) is 2.04. The van der Waals surface area contributed by atoms with Gasteiger partial charge in [0.2, 0.25) is 0 Å². The van der Waals surface area contributed by atoms with Crippen LogP contribution in [0, 0.1) is 6.92 Å². The summed E-state index contributed by atoms with van der Waals surface area (Å²) in [5, 5.41) is 0. The van der Waals surface area contributed by atoms with E-state index in [1.807, 2.05) is 0 Å². The summed E-state index contributed by atoms with van der Waals surface area (Å²) in [5.41, 5.74) is 2.65. The van der Waals surface area contributed by atoms with E-state index in [2.05, 4.69) is 38.1 Å². The molecule has 0 bridgehead atoms. The lowest BCUT2D eigenvalue weighted by molar-refractivity contribution is 1.22. The minimum Gasteiger partial charge on any atom is -0.0893 e. The molecular formula is C11H14S. The Morgan fingerprint density at radius 2 is 2.17 bits per heavy atom. The number of aryl methyl sites for hydroxylation is 1. The molecule has 64 valence electrons. The third-order valence-electron chi connectivity index (χ3n) is 1.88. The standard InChI is InChI=1S/C11H14S/c1-3-11(12)8-10-6-4-5-9(2)7-10/h4-7H,3,8H2,1-2H3. The van der Waals surface area contributed by atoms with Crippen molar-refractivity contribution in [2.75, 3.05) is 0 Å². The highest BCUT2D eigenvalue weighted by atomic mass is 32.1. The van der Waals surface area contributed by atoms with E-state index in [4.69, 9.17) is 12.2 Å². The van der Waals surface area contributed by atoms with Crippen molar-refractivity contribution in [2.24, 2.45) is 0 Å². The van der Waals surface area contributed by atoms with Crippen LogP contribution in [0.2, 0.25) is 0 Å². The van der Waals surface area contributed by atoms with Gasteiger partial charge in [0.25, 0.3) is 0 Å². The third kappa shape index (κ3) is 2.74. The zero-order valence-electron chi connectivity index (χ0n) is 7.63. The second kappa shape index (κ2) is 4.36. The normalized spacial score (nSPS) is 9.83. The Morgan fingerprint density at radius 1 is 1.42 bits per heavy atom. The van der Waals surface area contributed by atoms with Crippen LogP contribution in [0.3, 0.4) is 0 Å². The van der Waals surface area contributed by atoms with Crippen LogP contribution in [0.1, 0.15) is 24.5 Å². The van der Waals surface area contributed by atoms with Crippen molar-refractivity contribution in [3.63, 3.8) is 0 Å². The van der Waals surface area contributed by atoms with Crippen molar-refractivity contribution in [3.05, 3.63) is 35.4 Å². The van der Waals surface area contributed by atoms with Gasteiger partial charge in [-0.05, 0) is 23.8 Å². The first-order valence-electron chi connectivity index (χ1n) is 4.29. The largest absolute Gasteiger partial charge is 0.0893 e. The molecule has 0 fully saturated rings. The van der Waals surface area contributed by atoms with Gasteiger partial charge in [-0.1, -0.05) is 49.0 Å². The molecule has 1 heteroatoms. The average molecular weight is 178 g/mol. The molecule has 0 aliphatic rings. The molecule has 0 heterocycles. The van der Waals surface area contributed by atoms with E-state index >= 15 is 0 Å². The van der Waals surface area contributed by atoms with E-state index in [-0.39, 0.29) is 0 Å². The van der Waals surface area contributed by atoms with Gasteiger partial charge in [0.15, 0.2) is 0 Å². The van der Waals surface area contributed by atoms with Crippen molar-refractivity contribution < 1.29 is 0 Å². The molecule has 1 aromatic carbocycles. The van der Waals surface area contributed by atoms with Crippen LogP contribution < -0.4 is 0 Å². The first kappa shape index (κ1) is 9.40. The summed E-state index contributed by atoms with van der Waals surface area (Å²) in [6.07, 6.45) is 1.96. The predicted molar refractivity (Wildman–Crippen MR) is 57.8 cm³/mol. The van der Waals surface area contributed by atoms with Crippen molar-refractivity contribution in [1.29, 1.82) is 0 Å². The highest BCUT2D eigenvalue weighted by Crippen LogP contribution is 2.06. The predicted octanol–water partition coefficient (Wildman–Crippen LogP) is 3.32. The highest BCUT2D eigenvalue weighted by molar-refractivity contribution is 7.80. The molecule has 0 saturated heterocycles. The van der Waals surface area contributed by atoms with Crippen LogP contribution in [-0.2, 0) is 6.42 Å². The smallest absolute Gasteiger partial charge is 0.00382 e. The summed E-state index contributed by atoms with van der Waals surface area (Å²) < 4.78 is 0. The summed E-state index contributed by atoms with van der Waals surface area (Å²) in [7, 11) is 0. The Balaban J connectivity index is 2.69. The fourth-order valence-corrected chi connectivity index (χ4v) is 1.34. The minimum atomic E-state index is 0.952. The van der Waals surface area contributed by atoms with E-state index in [0.29, 0.717) is 0 Å². The lowest BCUT2D eigenvalue weighted by Crippen LogP contribution is -1.97. The number of hydrogen-bond donors (Lipinski definition) is 0. The lowest BCUT2D eigenvalue weighted by atomic mass is 10.1. The van der Waals surface area contributed by atoms with Gasteiger partial charge in [-0.15, -0.1) is 0 Å². The number of rotatable bonds is 3. The van der Waals surface area contributed by atoms with Crippen molar-refractivity contribution in [3.8, 4) is 0 Å². The van der Waals surface area contributed by atoms with Gasteiger partial charge >= 0.3 is 0 Å². The van der Waals surface area contributed by atoms with Crippen LogP contribution in [0.15, 0.2) is 24.3 Å². The summed E-state index contributed by atoms with van der Waals surface area (Å²) in [6.45, 7) is 4.22. The Morgan fingerprint density at radius 3 is 2.75 bits per heavy atom. The van der Waals surface area contributed by atoms with Gasteiger partial charge in [0.1, 0.15) is 0 Å². The lowest BCUT2D eigenvalue weighted by Gasteiger charge is -2.01. The molecule has 0 aromatic heterocycles. The van der Waals surface area contributed by atoms with Gasteiger partial charge in [0.05, 0.1) is 0 Å². The maximum Gasteiger partial charge on any atom is 0.00382 e. The fourth-order valence-electron chi connectivity index (χ4n) is 1.17. The molecule has 0 radical (unpaired) electrons. The fraction of sp³-hybridized carbons (Fsp3) is 0.364. The first-order chi connectivity index (χ1) is 5.72. The number of hydrogen-bond acceptors (Lipinski definition) is 1. The SMILES string of the molecule is CCC(=S)Cc1cccc(C)c1. The van der Waals surface area contributed by atoms with Crippen LogP contribution in [0.5, 0.6) is 0 Å². The second-order valence-corrected chi connectivity index (χ2v) is 3.64. The quantitative estimate of drug-likeness (QED) is 0.640. The van der Waals surface area contributed by atoms with Crippen LogP contribution >= 0.6 is 12.2 Å².